The van der Waals surface area contributed by atoms with E-state index in [2.05, 4.69) is 15.1 Å². The Balaban J connectivity index is 1.41. The number of aromatic nitrogens is 4. The minimum atomic E-state index is -0.394. The van der Waals surface area contributed by atoms with Crippen LogP contribution in [0.5, 0.6) is 0 Å². The minimum Gasteiger partial charge on any atom is -0.338 e. The molecule has 5 aromatic rings. The van der Waals surface area contributed by atoms with Crippen molar-refractivity contribution in [1.29, 1.82) is 0 Å². The van der Waals surface area contributed by atoms with E-state index in [-0.39, 0.29) is 17.8 Å². The van der Waals surface area contributed by atoms with Gasteiger partial charge >= 0.3 is 0 Å². The predicted octanol–water partition coefficient (Wildman–Crippen LogP) is 4.57. The van der Waals surface area contributed by atoms with Gasteiger partial charge in [-0.1, -0.05) is 24.3 Å². The molecule has 9 heteroatoms. The first-order valence-electron chi connectivity index (χ1n) is 11.7. The number of benzene rings is 3. The molecule has 0 aliphatic carbocycles. The van der Waals surface area contributed by atoms with E-state index in [1.54, 1.807) is 27.5 Å². The molecule has 180 valence electrons. The summed E-state index contributed by atoms with van der Waals surface area (Å²) in [5, 5.41) is 9.58. The van der Waals surface area contributed by atoms with Crippen molar-refractivity contribution < 1.29 is 13.6 Å². The molecule has 3 heterocycles. The van der Waals surface area contributed by atoms with Gasteiger partial charge in [-0.3, -0.25) is 4.79 Å². The van der Waals surface area contributed by atoms with Crippen LogP contribution >= 0.6 is 0 Å². The van der Waals surface area contributed by atoms with Gasteiger partial charge in [0.25, 0.3) is 5.91 Å². The summed E-state index contributed by atoms with van der Waals surface area (Å²) in [4.78, 5) is 21.9. The monoisotopic (exact) mass is 484 g/mol. The third-order valence-electron chi connectivity index (χ3n) is 6.61. The smallest absolute Gasteiger partial charge is 0.254 e. The number of fused-ring (bicyclic) bond motifs is 3. The van der Waals surface area contributed by atoms with Gasteiger partial charge < -0.3 is 9.80 Å². The van der Waals surface area contributed by atoms with Crippen LogP contribution in [0, 0.1) is 11.6 Å². The molecule has 2 aromatic heterocycles. The van der Waals surface area contributed by atoms with Crippen LogP contribution in [0.15, 0.2) is 72.8 Å². The molecular weight excluding hydrogens is 462 g/mol. The van der Waals surface area contributed by atoms with Crippen LogP contribution in [-0.2, 0) is 0 Å². The van der Waals surface area contributed by atoms with Crippen molar-refractivity contribution in [3.05, 3.63) is 90.0 Å². The number of carbonyl (C=O) groups is 1. The van der Waals surface area contributed by atoms with Gasteiger partial charge in [-0.15, -0.1) is 10.2 Å². The van der Waals surface area contributed by atoms with Crippen molar-refractivity contribution in [2.45, 2.75) is 13.0 Å². The Kier molecular flexibility index (Phi) is 5.32. The van der Waals surface area contributed by atoms with E-state index < -0.39 is 5.82 Å². The molecule has 1 aliphatic rings. The second kappa shape index (κ2) is 8.67. The van der Waals surface area contributed by atoms with Gasteiger partial charge in [0.2, 0.25) is 5.95 Å². The molecule has 1 amide bonds. The summed E-state index contributed by atoms with van der Waals surface area (Å²) in [6, 6.07) is 19.6. The Morgan fingerprint density at radius 2 is 1.67 bits per heavy atom. The van der Waals surface area contributed by atoms with Crippen molar-refractivity contribution >= 4 is 28.4 Å². The average Bonchev–Trinajstić information content (AvgIpc) is 3.34. The van der Waals surface area contributed by atoms with E-state index >= 15 is 0 Å². The number of para-hydroxylation sites is 1. The van der Waals surface area contributed by atoms with E-state index in [1.807, 2.05) is 31.2 Å². The maximum Gasteiger partial charge on any atom is 0.254 e. The number of rotatable bonds is 3. The quantitative estimate of drug-likeness (QED) is 0.375. The van der Waals surface area contributed by atoms with E-state index in [0.29, 0.717) is 48.2 Å². The van der Waals surface area contributed by atoms with Crippen LogP contribution < -0.4 is 4.90 Å². The second-order valence-electron chi connectivity index (χ2n) is 8.89. The van der Waals surface area contributed by atoms with Gasteiger partial charge in [-0.25, -0.2) is 18.2 Å². The first-order chi connectivity index (χ1) is 17.5. The zero-order valence-corrected chi connectivity index (χ0v) is 19.5. The fraction of sp³-hybridized carbons (Fsp3) is 0.185. The molecule has 0 saturated carbocycles. The van der Waals surface area contributed by atoms with Crippen molar-refractivity contribution in [1.82, 2.24) is 24.5 Å². The van der Waals surface area contributed by atoms with Gasteiger partial charge in [-0.05, 0) is 55.5 Å². The number of amides is 1. The van der Waals surface area contributed by atoms with Crippen molar-refractivity contribution in [2.24, 2.45) is 0 Å². The maximum atomic E-state index is 14.8. The summed E-state index contributed by atoms with van der Waals surface area (Å²) in [7, 11) is 0. The first kappa shape index (κ1) is 22.1. The highest BCUT2D eigenvalue weighted by atomic mass is 19.1. The standard InChI is InChI=1S/C27H22F2N6O/c1-17-16-33(14-15-34(17)26(36)18-10-12-19(28)13-11-18)27-30-23-9-5-3-7-21(23)25-32-31-24(35(25)27)20-6-2-4-8-22(20)29/h2-13,17H,14-16H2,1H3. The highest BCUT2D eigenvalue weighted by Gasteiger charge is 2.31. The van der Waals surface area contributed by atoms with Gasteiger partial charge in [0.15, 0.2) is 11.5 Å². The van der Waals surface area contributed by atoms with Crippen molar-refractivity contribution in [3.8, 4) is 11.4 Å². The third-order valence-corrected chi connectivity index (χ3v) is 6.61. The lowest BCUT2D eigenvalue weighted by Crippen LogP contribution is -2.54. The minimum absolute atomic E-state index is 0.143. The SMILES string of the molecule is CC1CN(c2nc3ccccc3c3nnc(-c4ccccc4F)n23)CCN1C(=O)c1ccc(F)cc1. The number of nitrogens with zero attached hydrogens (tertiary/aromatic N) is 6. The Morgan fingerprint density at radius 1 is 0.917 bits per heavy atom. The van der Waals surface area contributed by atoms with E-state index in [4.69, 9.17) is 4.98 Å². The summed E-state index contributed by atoms with van der Waals surface area (Å²) in [5.41, 5.74) is 2.13. The van der Waals surface area contributed by atoms with Gasteiger partial charge in [0.05, 0.1) is 11.1 Å². The summed E-state index contributed by atoms with van der Waals surface area (Å²) in [5.74, 6) is 0.0426. The number of hydrogen-bond donors (Lipinski definition) is 0. The largest absolute Gasteiger partial charge is 0.338 e. The summed E-state index contributed by atoms with van der Waals surface area (Å²) in [6.07, 6.45) is 0. The molecule has 1 aliphatic heterocycles. The lowest BCUT2D eigenvalue weighted by molar-refractivity contribution is 0.0673. The summed E-state index contributed by atoms with van der Waals surface area (Å²) < 4.78 is 29.9. The van der Waals surface area contributed by atoms with E-state index in [1.165, 1.54) is 30.3 Å². The number of piperazine rings is 1. The fourth-order valence-electron chi connectivity index (χ4n) is 4.79. The molecule has 1 saturated heterocycles. The fourth-order valence-corrected chi connectivity index (χ4v) is 4.79. The van der Waals surface area contributed by atoms with Crippen molar-refractivity contribution in [2.75, 3.05) is 24.5 Å². The molecule has 1 fully saturated rings. The Bertz CT molecular complexity index is 1600. The van der Waals surface area contributed by atoms with Gasteiger partial charge in [-0.2, -0.15) is 0 Å². The van der Waals surface area contributed by atoms with Crippen LogP contribution in [0.4, 0.5) is 14.7 Å². The number of halogens is 2. The first-order valence-corrected chi connectivity index (χ1v) is 11.7. The number of anilines is 1. The topological polar surface area (TPSA) is 66.6 Å². The average molecular weight is 485 g/mol. The van der Waals surface area contributed by atoms with Crippen LogP contribution in [0.1, 0.15) is 17.3 Å². The second-order valence-corrected chi connectivity index (χ2v) is 8.89. The third kappa shape index (κ3) is 3.64. The Morgan fingerprint density at radius 3 is 2.44 bits per heavy atom. The molecule has 1 unspecified atom stereocenters. The highest BCUT2D eigenvalue weighted by Crippen LogP contribution is 2.30. The predicted molar refractivity (Wildman–Crippen MR) is 133 cm³/mol. The molecule has 3 aromatic carbocycles. The molecule has 0 bridgehead atoms. The zero-order chi connectivity index (χ0) is 24.8. The molecular formula is C27H22F2N6O. The van der Waals surface area contributed by atoms with Crippen molar-refractivity contribution in [3.63, 3.8) is 0 Å². The molecule has 0 radical (unpaired) electrons. The van der Waals surface area contributed by atoms with E-state index in [9.17, 15) is 13.6 Å². The van der Waals surface area contributed by atoms with Crippen LogP contribution in [0.2, 0.25) is 0 Å². The molecule has 0 spiro atoms. The molecule has 6 rings (SSSR count). The van der Waals surface area contributed by atoms with Gasteiger partial charge in [0, 0.05) is 36.6 Å². The summed E-state index contributed by atoms with van der Waals surface area (Å²) >= 11 is 0. The molecule has 1 atom stereocenters. The number of carbonyl (C=O) groups excluding carboxylic acids is 1. The summed E-state index contributed by atoms with van der Waals surface area (Å²) in [6.45, 7) is 3.43. The maximum absolute atomic E-state index is 14.8. The highest BCUT2D eigenvalue weighted by molar-refractivity contribution is 5.95. The van der Waals surface area contributed by atoms with Gasteiger partial charge in [0.1, 0.15) is 11.6 Å². The molecule has 36 heavy (non-hydrogen) atoms. The Labute approximate surface area is 205 Å². The molecule has 7 nitrogen and oxygen atoms in total. The lowest BCUT2D eigenvalue weighted by atomic mass is 10.1. The lowest BCUT2D eigenvalue weighted by Gasteiger charge is -2.40. The number of hydrogen-bond acceptors (Lipinski definition) is 5. The van der Waals surface area contributed by atoms with Crippen LogP contribution in [-0.4, -0.2) is 56.1 Å². The van der Waals surface area contributed by atoms with Crippen LogP contribution in [0.3, 0.4) is 0 Å². The normalized spacial score (nSPS) is 16.1. The van der Waals surface area contributed by atoms with E-state index in [0.717, 1.165) is 10.9 Å². The molecule has 0 N–H and O–H groups in total. The van der Waals surface area contributed by atoms with Crippen LogP contribution in [0.25, 0.3) is 27.9 Å². The zero-order valence-electron chi connectivity index (χ0n) is 19.5. The Hall–Kier alpha value is -4.40.